The fraction of sp³-hybridized carbons (Fsp3) is 0.520. The first-order chi connectivity index (χ1) is 17.0. The van der Waals surface area contributed by atoms with Crippen LogP contribution in [-0.4, -0.2) is 84.3 Å². The van der Waals surface area contributed by atoms with E-state index in [2.05, 4.69) is 0 Å². The molecule has 2 aromatic rings. The standard InChI is InChI=1S/C25H33N3O7/c1-18-23(25(31)28(26(18)2)20-6-4-3-5-7-20)19-16-21(24(30)27-8-11-32-12-9-27)35-22(17-19)34-15-14-33-13-10-29/h3-7,16,19,22,29H,8-15,17H2,1-2H3. The van der Waals surface area contributed by atoms with E-state index in [4.69, 9.17) is 24.1 Å². The van der Waals surface area contributed by atoms with E-state index < -0.39 is 6.29 Å². The highest BCUT2D eigenvalue weighted by Crippen LogP contribution is 2.32. The Kier molecular flexibility index (Phi) is 8.40. The van der Waals surface area contributed by atoms with Gasteiger partial charge in [0, 0.05) is 43.7 Å². The topological polar surface area (TPSA) is 104 Å². The molecule has 0 saturated carbocycles. The number of allylic oxidation sites excluding steroid dienone is 1. The molecule has 1 N–H and O–H groups in total. The Morgan fingerprint density at radius 1 is 1.14 bits per heavy atom. The zero-order valence-electron chi connectivity index (χ0n) is 20.2. The first kappa shape index (κ1) is 25.2. The number of amides is 1. The number of rotatable bonds is 9. The van der Waals surface area contributed by atoms with Gasteiger partial charge >= 0.3 is 0 Å². The SMILES string of the molecule is Cc1c(C2C=C(C(=O)N3CCOCC3)OC(OCCOCCO)C2)c(=O)n(-c2ccccc2)n1C. The Bertz CT molecular complexity index is 1090. The second-order valence-electron chi connectivity index (χ2n) is 8.51. The van der Waals surface area contributed by atoms with Crippen LogP contribution in [0.2, 0.25) is 0 Å². The van der Waals surface area contributed by atoms with Crippen LogP contribution >= 0.6 is 0 Å². The first-order valence-electron chi connectivity index (χ1n) is 11.9. The molecule has 1 aromatic heterocycles. The molecular formula is C25H33N3O7. The van der Waals surface area contributed by atoms with Crippen LogP contribution < -0.4 is 5.56 Å². The Morgan fingerprint density at radius 3 is 2.60 bits per heavy atom. The normalized spacial score (nSPS) is 20.4. The molecule has 2 unspecified atom stereocenters. The van der Waals surface area contributed by atoms with Crippen LogP contribution in [0.3, 0.4) is 0 Å². The molecule has 0 radical (unpaired) electrons. The number of aliphatic hydroxyl groups is 1. The average Bonchev–Trinajstić information content (AvgIpc) is 3.11. The number of aliphatic hydroxyl groups excluding tert-OH is 1. The van der Waals surface area contributed by atoms with Crippen LogP contribution in [0.15, 0.2) is 47.0 Å². The van der Waals surface area contributed by atoms with Crippen LogP contribution in [0.1, 0.15) is 23.6 Å². The van der Waals surface area contributed by atoms with Crippen molar-refractivity contribution in [1.29, 1.82) is 0 Å². The molecule has 0 bridgehead atoms. The van der Waals surface area contributed by atoms with E-state index in [1.807, 2.05) is 49.0 Å². The molecular weight excluding hydrogens is 454 g/mol. The second-order valence-corrected chi connectivity index (χ2v) is 8.51. The number of aromatic nitrogens is 2. The molecule has 1 saturated heterocycles. The molecule has 2 aliphatic heterocycles. The third-order valence-corrected chi connectivity index (χ3v) is 6.30. The van der Waals surface area contributed by atoms with Crippen molar-refractivity contribution in [1.82, 2.24) is 14.3 Å². The third kappa shape index (κ3) is 5.67. The summed E-state index contributed by atoms with van der Waals surface area (Å²) in [6.07, 6.45) is 1.42. The fourth-order valence-electron chi connectivity index (χ4n) is 4.46. The van der Waals surface area contributed by atoms with Crippen molar-refractivity contribution in [2.75, 3.05) is 52.7 Å². The van der Waals surface area contributed by atoms with Gasteiger partial charge in [-0.15, -0.1) is 0 Å². The summed E-state index contributed by atoms with van der Waals surface area (Å²) in [4.78, 5) is 28.5. The summed E-state index contributed by atoms with van der Waals surface area (Å²) >= 11 is 0. The number of morpholine rings is 1. The molecule has 1 amide bonds. The van der Waals surface area contributed by atoms with Crippen LogP contribution in [0.25, 0.3) is 5.69 Å². The van der Waals surface area contributed by atoms with E-state index in [0.717, 1.165) is 11.4 Å². The predicted molar refractivity (Wildman–Crippen MR) is 127 cm³/mol. The van der Waals surface area contributed by atoms with Crippen molar-refractivity contribution in [2.24, 2.45) is 7.05 Å². The van der Waals surface area contributed by atoms with Gasteiger partial charge in [0.25, 0.3) is 11.5 Å². The lowest BCUT2D eigenvalue weighted by Gasteiger charge is -2.32. The molecule has 1 aromatic carbocycles. The van der Waals surface area contributed by atoms with Crippen molar-refractivity contribution in [3.8, 4) is 5.69 Å². The number of nitrogens with zero attached hydrogens (tertiary/aromatic N) is 3. The molecule has 0 spiro atoms. The lowest BCUT2D eigenvalue weighted by atomic mass is 9.93. The zero-order valence-corrected chi connectivity index (χ0v) is 20.2. The van der Waals surface area contributed by atoms with Crippen molar-refractivity contribution < 1.29 is 28.8 Å². The Hall–Kier alpha value is -2.92. The Balaban J connectivity index is 1.63. The maximum atomic E-state index is 13.6. The van der Waals surface area contributed by atoms with Gasteiger partial charge in [0.15, 0.2) is 5.76 Å². The fourth-order valence-corrected chi connectivity index (χ4v) is 4.46. The summed E-state index contributed by atoms with van der Waals surface area (Å²) in [5.74, 6) is -0.422. The number of para-hydroxylation sites is 1. The van der Waals surface area contributed by atoms with Crippen LogP contribution in [0.5, 0.6) is 0 Å². The maximum Gasteiger partial charge on any atom is 0.288 e. The minimum Gasteiger partial charge on any atom is -0.459 e. The van der Waals surface area contributed by atoms with E-state index in [-0.39, 0.29) is 49.6 Å². The van der Waals surface area contributed by atoms with Crippen molar-refractivity contribution in [2.45, 2.75) is 25.6 Å². The minimum atomic E-state index is -0.716. The molecule has 2 atom stereocenters. The Labute approximate surface area is 204 Å². The minimum absolute atomic E-state index is 0.0656. The van der Waals surface area contributed by atoms with E-state index in [0.29, 0.717) is 38.3 Å². The summed E-state index contributed by atoms with van der Waals surface area (Å²) in [5.41, 5.74) is 2.05. The molecule has 35 heavy (non-hydrogen) atoms. The van der Waals surface area contributed by atoms with Gasteiger partial charge in [-0.1, -0.05) is 18.2 Å². The average molecular weight is 488 g/mol. The van der Waals surface area contributed by atoms with E-state index >= 15 is 0 Å². The van der Waals surface area contributed by atoms with Gasteiger partial charge in [0.2, 0.25) is 6.29 Å². The monoisotopic (exact) mass is 487 g/mol. The van der Waals surface area contributed by atoms with E-state index in [1.54, 1.807) is 15.7 Å². The van der Waals surface area contributed by atoms with Gasteiger partial charge < -0.3 is 29.0 Å². The molecule has 3 heterocycles. The van der Waals surface area contributed by atoms with E-state index in [1.165, 1.54) is 0 Å². The summed E-state index contributed by atoms with van der Waals surface area (Å²) in [7, 11) is 1.85. The Morgan fingerprint density at radius 2 is 1.89 bits per heavy atom. The van der Waals surface area contributed by atoms with Crippen molar-refractivity contribution in [3.05, 3.63) is 63.8 Å². The molecule has 0 aliphatic carbocycles. The third-order valence-electron chi connectivity index (χ3n) is 6.30. The summed E-state index contributed by atoms with van der Waals surface area (Å²) in [6, 6.07) is 9.45. The highest BCUT2D eigenvalue weighted by molar-refractivity contribution is 5.91. The smallest absolute Gasteiger partial charge is 0.288 e. The number of benzene rings is 1. The molecule has 1 fully saturated rings. The largest absolute Gasteiger partial charge is 0.459 e. The first-order valence-corrected chi connectivity index (χ1v) is 11.9. The van der Waals surface area contributed by atoms with Crippen LogP contribution in [0, 0.1) is 6.92 Å². The number of carbonyl (C=O) groups excluding carboxylic acids is 1. The summed E-state index contributed by atoms with van der Waals surface area (Å²) in [5, 5.41) is 8.87. The van der Waals surface area contributed by atoms with Crippen molar-refractivity contribution in [3.63, 3.8) is 0 Å². The predicted octanol–water partition coefficient (Wildman–Crippen LogP) is 1.08. The van der Waals surface area contributed by atoms with Gasteiger partial charge in [-0.2, -0.15) is 0 Å². The maximum absolute atomic E-state index is 13.6. The van der Waals surface area contributed by atoms with Gasteiger partial charge in [-0.3, -0.25) is 14.3 Å². The van der Waals surface area contributed by atoms with Gasteiger partial charge in [0.05, 0.1) is 45.3 Å². The number of carbonyl (C=O) groups is 1. The second kappa shape index (κ2) is 11.7. The quantitative estimate of drug-likeness (QED) is 0.528. The van der Waals surface area contributed by atoms with Gasteiger partial charge in [0.1, 0.15) is 0 Å². The number of ether oxygens (including phenoxy) is 4. The van der Waals surface area contributed by atoms with E-state index in [9.17, 15) is 9.59 Å². The highest BCUT2D eigenvalue weighted by Gasteiger charge is 2.34. The summed E-state index contributed by atoms with van der Waals surface area (Å²) in [6.45, 7) is 4.50. The lowest BCUT2D eigenvalue weighted by Crippen LogP contribution is -2.43. The molecule has 190 valence electrons. The van der Waals surface area contributed by atoms with Gasteiger partial charge in [-0.05, 0) is 25.1 Å². The van der Waals surface area contributed by atoms with Gasteiger partial charge in [-0.25, -0.2) is 4.68 Å². The van der Waals surface area contributed by atoms with Crippen LogP contribution in [-0.2, 0) is 30.8 Å². The molecule has 4 rings (SSSR count). The molecule has 10 heteroatoms. The molecule has 2 aliphatic rings. The molecule has 10 nitrogen and oxygen atoms in total. The van der Waals surface area contributed by atoms with Crippen LogP contribution in [0.4, 0.5) is 0 Å². The highest BCUT2D eigenvalue weighted by atomic mass is 16.7. The van der Waals surface area contributed by atoms with Crippen molar-refractivity contribution >= 4 is 5.91 Å². The summed E-state index contributed by atoms with van der Waals surface area (Å²) < 4.78 is 25.9. The lowest BCUT2D eigenvalue weighted by molar-refractivity contribution is -0.158. The number of hydrogen-bond donors (Lipinski definition) is 1. The zero-order chi connectivity index (χ0) is 24.8. The number of hydrogen-bond acceptors (Lipinski definition) is 7.